The molecule has 4 nitrogen and oxygen atoms in total. The van der Waals surface area contributed by atoms with E-state index in [1.807, 2.05) is 0 Å². The van der Waals surface area contributed by atoms with Gasteiger partial charge in [0.2, 0.25) is 0 Å². The Kier molecular flexibility index (Phi) is 3.13. The van der Waals surface area contributed by atoms with Crippen LogP contribution in [0.25, 0.3) is 22.2 Å². The molecule has 0 aliphatic heterocycles. The van der Waals surface area contributed by atoms with E-state index in [2.05, 4.69) is 9.97 Å². The molecule has 7 heteroatoms. The van der Waals surface area contributed by atoms with Crippen LogP contribution in [0.15, 0.2) is 42.7 Å². The number of hydrogen-bond donors (Lipinski definition) is 2. The van der Waals surface area contributed by atoms with Crippen molar-refractivity contribution in [2.24, 2.45) is 0 Å². The van der Waals surface area contributed by atoms with E-state index in [-0.39, 0.29) is 5.56 Å². The van der Waals surface area contributed by atoms with Gasteiger partial charge < -0.3 is 10.1 Å². The van der Waals surface area contributed by atoms with Gasteiger partial charge in [-0.15, -0.1) is 0 Å². The fraction of sp³-hybridized carbons (Fsp3) is 0.0667. The lowest BCUT2D eigenvalue weighted by Gasteiger charge is -2.07. The summed E-state index contributed by atoms with van der Waals surface area (Å²) < 4.78 is 38.5. The number of rotatable bonds is 2. The van der Waals surface area contributed by atoms with Gasteiger partial charge in [-0.3, -0.25) is 4.98 Å². The van der Waals surface area contributed by atoms with Crippen LogP contribution in [-0.2, 0) is 6.18 Å². The summed E-state index contributed by atoms with van der Waals surface area (Å²) in [5.74, 6) is -1.13. The minimum absolute atomic E-state index is 0.0197. The lowest BCUT2D eigenvalue weighted by atomic mass is 10.1. The van der Waals surface area contributed by atoms with Gasteiger partial charge in [0, 0.05) is 28.9 Å². The molecule has 1 aromatic carbocycles. The molecular weight excluding hydrogens is 297 g/mol. The van der Waals surface area contributed by atoms with Crippen molar-refractivity contribution in [1.82, 2.24) is 9.97 Å². The molecule has 2 aromatic heterocycles. The maximum absolute atomic E-state index is 12.8. The van der Waals surface area contributed by atoms with Gasteiger partial charge >= 0.3 is 12.1 Å². The van der Waals surface area contributed by atoms with E-state index >= 15 is 0 Å². The predicted molar refractivity (Wildman–Crippen MR) is 73.5 cm³/mol. The summed E-state index contributed by atoms with van der Waals surface area (Å²) in [7, 11) is 0. The highest BCUT2D eigenvalue weighted by molar-refractivity contribution is 5.96. The number of pyridine rings is 1. The Bertz CT molecular complexity index is 869. The molecule has 0 saturated carbocycles. The molecule has 0 radical (unpaired) electrons. The summed E-state index contributed by atoms with van der Waals surface area (Å²) in [6, 6.07) is 6.00. The lowest BCUT2D eigenvalue weighted by molar-refractivity contribution is -0.137. The van der Waals surface area contributed by atoms with Crippen LogP contribution in [0.4, 0.5) is 13.2 Å². The van der Waals surface area contributed by atoms with E-state index in [1.54, 1.807) is 0 Å². The van der Waals surface area contributed by atoms with Crippen LogP contribution >= 0.6 is 0 Å². The van der Waals surface area contributed by atoms with Crippen molar-refractivity contribution in [3.8, 4) is 11.3 Å². The zero-order chi connectivity index (χ0) is 15.9. The van der Waals surface area contributed by atoms with Gasteiger partial charge in [0.25, 0.3) is 0 Å². The van der Waals surface area contributed by atoms with E-state index in [0.717, 1.165) is 12.1 Å². The molecule has 0 bridgehead atoms. The van der Waals surface area contributed by atoms with Crippen LogP contribution < -0.4 is 0 Å². The number of nitrogens with zero attached hydrogens (tertiary/aromatic N) is 1. The standard InChI is InChI=1S/C15H9F3N2O2/c16-15(17,18)9-1-2-12-10(6-9)11(7-20-12)13-5-8(14(21)22)3-4-19-13/h1-7,20H,(H,21,22). The molecule has 0 aliphatic rings. The normalized spacial score (nSPS) is 11.8. The number of carboxylic acids is 1. The van der Waals surface area contributed by atoms with Crippen LogP contribution in [0.1, 0.15) is 15.9 Å². The van der Waals surface area contributed by atoms with Crippen molar-refractivity contribution in [3.63, 3.8) is 0 Å². The molecule has 0 atom stereocenters. The summed E-state index contributed by atoms with van der Waals surface area (Å²) in [5.41, 5.74) is 0.488. The monoisotopic (exact) mass is 306 g/mol. The van der Waals surface area contributed by atoms with Gasteiger partial charge in [0.05, 0.1) is 16.8 Å². The number of carbonyl (C=O) groups is 1. The fourth-order valence-electron chi connectivity index (χ4n) is 2.22. The lowest BCUT2D eigenvalue weighted by Crippen LogP contribution is -2.04. The molecule has 2 N–H and O–H groups in total. The molecule has 0 spiro atoms. The largest absolute Gasteiger partial charge is 0.478 e. The first-order valence-corrected chi connectivity index (χ1v) is 6.24. The third-order valence-corrected chi connectivity index (χ3v) is 3.29. The second-order valence-electron chi connectivity index (χ2n) is 4.70. The van der Waals surface area contributed by atoms with Gasteiger partial charge in [0.1, 0.15) is 0 Å². The van der Waals surface area contributed by atoms with E-state index in [9.17, 15) is 18.0 Å². The van der Waals surface area contributed by atoms with Crippen LogP contribution in [0, 0.1) is 0 Å². The van der Waals surface area contributed by atoms with Crippen molar-refractivity contribution in [2.45, 2.75) is 6.18 Å². The maximum Gasteiger partial charge on any atom is 0.416 e. The number of aromatic nitrogens is 2. The smallest absolute Gasteiger partial charge is 0.416 e. The van der Waals surface area contributed by atoms with E-state index in [4.69, 9.17) is 5.11 Å². The average molecular weight is 306 g/mol. The van der Waals surface area contributed by atoms with Crippen molar-refractivity contribution >= 4 is 16.9 Å². The van der Waals surface area contributed by atoms with Crippen LogP contribution in [-0.4, -0.2) is 21.0 Å². The third-order valence-electron chi connectivity index (χ3n) is 3.29. The first kappa shape index (κ1) is 14.1. The highest BCUT2D eigenvalue weighted by atomic mass is 19.4. The number of aromatic carboxylic acids is 1. The number of halogens is 3. The number of benzene rings is 1. The van der Waals surface area contributed by atoms with E-state index < -0.39 is 17.7 Å². The summed E-state index contributed by atoms with van der Waals surface area (Å²) in [5, 5.41) is 9.32. The molecule has 3 aromatic rings. The Morgan fingerprint density at radius 1 is 1.18 bits per heavy atom. The van der Waals surface area contributed by atoms with Gasteiger partial charge in [-0.25, -0.2) is 4.79 Å². The summed E-state index contributed by atoms with van der Waals surface area (Å²) in [6.45, 7) is 0. The molecule has 0 amide bonds. The van der Waals surface area contributed by atoms with Gasteiger partial charge in [0.15, 0.2) is 0 Å². The van der Waals surface area contributed by atoms with Crippen LogP contribution in [0.3, 0.4) is 0 Å². The van der Waals surface area contributed by atoms with Crippen LogP contribution in [0.5, 0.6) is 0 Å². The molecular formula is C15H9F3N2O2. The Balaban J connectivity index is 2.19. The summed E-state index contributed by atoms with van der Waals surface area (Å²) in [4.78, 5) is 17.9. The van der Waals surface area contributed by atoms with Crippen LogP contribution in [0.2, 0.25) is 0 Å². The number of fused-ring (bicyclic) bond motifs is 1. The van der Waals surface area contributed by atoms with Gasteiger partial charge in [-0.1, -0.05) is 0 Å². The quantitative estimate of drug-likeness (QED) is 0.753. The zero-order valence-electron chi connectivity index (χ0n) is 11.0. The van der Waals surface area contributed by atoms with Crippen molar-refractivity contribution in [3.05, 3.63) is 53.9 Å². The maximum atomic E-state index is 12.8. The minimum atomic E-state index is -4.45. The van der Waals surface area contributed by atoms with Crippen molar-refractivity contribution < 1.29 is 23.1 Å². The minimum Gasteiger partial charge on any atom is -0.478 e. The predicted octanol–water partition coefficient (Wildman–Crippen LogP) is 3.95. The highest BCUT2D eigenvalue weighted by Crippen LogP contribution is 2.34. The molecule has 112 valence electrons. The van der Waals surface area contributed by atoms with Crippen molar-refractivity contribution in [2.75, 3.05) is 0 Å². The number of hydrogen-bond acceptors (Lipinski definition) is 2. The van der Waals surface area contributed by atoms with Gasteiger partial charge in [-0.05, 0) is 30.3 Å². The molecule has 3 rings (SSSR count). The molecule has 0 aliphatic carbocycles. The molecule has 2 heterocycles. The molecule has 0 unspecified atom stereocenters. The third kappa shape index (κ3) is 2.41. The Labute approximate surface area is 122 Å². The Morgan fingerprint density at radius 2 is 1.95 bits per heavy atom. The Morgan fingerprint density at radius 3 is 2.64 bits per heavy atom. The average Bonchev–Trinajstić information content (AvgIpc) is 2.89. The molecule has 0 saturated heterocycles. The number of aromatic amines is 1. The summed E-state index contributed by atoms with van der Waals surface area (Å²) in [6.07, 6.45) is -1.62. The van der Waals surface area contributed by atoms with E-state index in [1.165, 1.54) is 30.6 Å². The molecule has 22 heavy (non-hydrogen) atoms. The second-order valence-corrected chi connectivity index (χ2v) is 4.70. The number of carboxylic acid groups (broad SMARTS) is 1. The number of H-pyrrole nitrogens is 1. The SMILES string of the molecule is O=C(O)c1ccnc(-c2c[nH]c3ccc(C(F)(F)F)cc23)c1. The second kappa shape index (κ2) is 4.87. The van der Waals surface area contributed by atoms with E-state index in [0.29, 0.717) is 22.2 Å². The first-order chi connectivity index (χ1) is 10.4. The summed E-state index contributed by atoms with van der Waals surface area (Å²) >= 11 is 0. The number of nitrogens with one attached hydrogen (secondary N) is 1. The first-order valence-electron chi connectivity index (χ1n) is 6.24. The fourth-order valence-corrected chi connectivity index (χ4v) is 2.22. The van der Waals surface area contributed by atoms with Crippen molar-refractivity contribution in [1.29, 1.82) is 0 Å². The topological polar surface area (TPSA) is 66.0 Å². The highest BCUT2D eigenvalue weighted by Gasteiger charge is 2.30. The molecule has 0 fully saturated rings. The number of alkyl halides is 3. The van der Waals surface area contributed by atoms with Gasteiger partial charge in [-0.2, -0.15) is 13.2 Å². The Hall–Kier alpha value is -2.83. The zero-order valence-corrected chi connectivity index (χ0v) is 11.0.